The van der Waals surface area contributed by atoms with Crippen LogP contribution in [0.15, 0.2) is 72.9 Å². The maximum absolute atomic E-state index is 12.9. The Morgan fingerprint density at radius 2 is 1.02 bits per heavy atom. The number of hydrogen-bond donors (Lipinski definition) is 3. The van der Waals surface area contributed by atoms with Crippen molar-refractivity contribution >= 4 is 13.7 Å². The summed E-state index contributed by atoms with van der Waals surface area (Å²) >= 11 is 0. The topological polar surface area (TPSA) is 105 Å². The molecular weight excluding hydrogens is 732 g/mol. The van der Waals surface area contributed by atoms with Crippen molar-refractivity contribution in [1.82, 2.24) is 5.32 Å². The molecule has 0 heterocycles. The van der Waals surface area contributed by atoms with Gasteiger partial charge in [-0.2, -0.15) is 0 Å². The molecule has 0 aromatic heterocycles. The van der Waals surface area contributed by atoms with E-state index in [-0.39, 0.29) is 19.1 Å². The second kappa shape index (κ2) is 39.4. The van der Waals surface area contributed by atoms with Crippen molar-refractivity contribution in [3.8, 4) is 0 Å². The number of quaternary nitrogens is 1. The summed E-state index contributed by atoms with van der Waals surface area (Å²) < 4.78 is 23.5. The predicted octanol–water partition coefficient (Wildman–Crippen LogP) is 12.8. The largest absolute Gasteiger partial charge is 0.472 e. The third kappa shape index (κ3) is 41.9. The lowest BCUT2D eigenvalue weighted by Gasteiger charge is -2.25. The Bertz CT molecular complexity index is 1160. The van der Waals surface area contributed by atoms with Gasteiger partial charge in [0.2, 0.25) is 5.91 Å². The van der Waals surface area contributed by atoms with Crippen LogP contribution < -0.4 is 5.32 Å². The van der Waals surface area contributed by atoms with Gasteiger partial charge >= 0.3 is 7.82 Å². The molecule has 0 aliphatic carbocycles. The molecule has 0 bridgehead atoms. The normalized spacial score (nSPS) is 15.0. The van der Waals surface area contributed by atoms with Gasteiger partial charge in [0.1, 0.15) is 13.2 Å². The monoisotopic (exact) mass is 820 g/mol. The Labute approximate surface area is 351 Å². The molecule has 9 heteroatoms. The first-order valence-corrected chi connectivity index (χ1v) is 24.3. The van der Waals surface area contributed by atoms with E-state index in [4.69, 9.17) is 9.05 Å². The molecule has 0 aromatic rings. The fourth-order valence-corrected chi connectivity index (χ4v) is 6.70. The van der Waals surface area contributed by atoms with Crippen LogP contribution in [0.2, 0.25) is 0 Å². The highest BCUT2D eigenvalue weighted by atomic mass is 31.2. The minimum atomic E-state index is -4.36. The number of carbonyl (C=O) groups is 1. The van der Waals surface area contributed by atoms with Crippen LogP contribution in [-0.4, -0.2) is 73.4 Å². The number of aliphatic hydroxyl groups excluding tert-OH is 1. The highest BCUT2D eigenvalue weighted by Gasteiger charge is 2.27. The number of amides is 1. The van der Waals surface area contributed by atoms with Crippen LogP contribution in [0.1, 0.15) is 174 Å². The molecule has 0 spiro atoms. The van der Waals surface area contributed by atoms with Crippen molar-refractivity contribution in [1.29, 1.82) is 0 Å². The maximum Gasteiger partial charge on any atom is 0.472 e. The van der Waals surface area contributed by atoms with Crippen LogP contribution in [0, 0.1) is 0 Å². The minimum absolute atomic E-state index is 0.0472. The van der Waals surface area contributed by atoms with Gasteiger partial charge in [-0.05, 0) is 83.5 Å². The van der Waals surface area contributed by atoms with Crippen LogP contribution in [0.4, 0.5) is 0 Å². The summed E-state index contributed by atoms with van der Waals surface area (Å²) in [6, 6.07) is -0.879. The molecule has 0 saturated carbocycles. The lowest BCUT2D eigenvalue weighted by atomic mass is 10.1. The lowest BCUT2D eigenvalue weighted by molar-refractivity contribution is -0.870. The quantitative estimate of drug-likeness (QED) is 0.0246. The summed E-state index contributed by atoms with van der Waals surface area (Å²) in [4.78, 5) is 23.1. The van der Waals surface area contributed by atoms with Gasteiger partial charge in [-0.1, -0.05) is 157 Å². The summed E-state index contributed by atoms with van der Waals surface area (Å²) in [6.45, 7) is 4.72. The summed E-state index contributed by atoms with van der Waals surface area (Å²) in [5.74, 6) is -0.208. The molecule has 0 radical (unpaired) electrons. The zero-order chi connectivity index (χ0) is 42.1. The summed E-state index contributed by atoms with van der Waals surface area (Å²) in [7, 11) is 1.52. The second-order valence-corrected chi connectivity index (χ2v) is 17.9. The van der Waals surface area contributed by atoms with E-state index in [1.54, 1.807) is 6.08 Å². The van der Waals surface area contributed by atoms with E-state index in [1.807, 2.05) is 27.2 Å². The molecule has 0 fully saturated rings. The molecule has 0 rings (SSSR count). The molecule has 0 aliphatic rings. The average Bonchev–Trinajstić information content (AvgIpc) is 3.16. The zero-order valence-corrected chi connectivity index (χ0v) is 38.2. The third-order valence-corrected chi connectivity index (χ3v) is 10.6. The fraction of sp³-hybridized carbons (Fsp3) is 0.729. The SMILES string of the molecule is CCCCCC/C=C/CC/C=C/CC/C=C/C(O)C(COP(=O)(O)OCC[N+](C)(C)C)NC(=O)CCCCCCCC/C=C\C/C=C\C/C=C\CCCCCCC. The van der Waals surface area contributed by atoms with Crippen molar-refractivity contribution < 1.29 is 32.9 Å². The highest BCUT2D eigenvalue weighted by Crippen LogP contribution is 2.43. The van der Waals surface area contributed by atoms with E-state index >= 15 is 0 Å². The van der Waals surface area contributed by atoms with Crippen molar-refractivity contribution in [2.24, 2.45) is 0 Å². The first-order valence-electron chi connectivity index (χ1n) is 22.8. The first-order chi connectivity index (χ1) is 27.5. The maximum atomic E-state index is 12.9. The van der Waals surface area contributed by atoms with Crippen molar-refractivity contribution in [3.05, 3.63) is 72.9 Å². The number of nitrogens with zero attached hydrogens (tertiary/aromatic N) is 1. The fourth-order valence-electron chi connectivity index (χ4n) is 5.96. The van der Waals surface area contributed by atoms with Gasteiger partial charge in [-0.25, -0.2) is 4.57 Å². The van der Waals surface area contributed by atoms with Crippen LogP contribution >= 0.6 is 7.82 Å². The van der Waals surface area contributed by atoms with E-state index in [0.717, 1.165) is 70.6 Å². The van der Waals surface area contributed by atoms with E-state index in [2.05, 4.69) is 79.9 Å². The lowest BCUT2D eigenvalue weighted by Crippen LogP contribution is -2.45. The summed E-state index contributed by atoms with van der Waals surface area (Å²) in [5.41, 5.74) is 0. The molecule has 3 N–H and O–H groups in total. The standard InChI is InChI=1S/C48H87N2O6P/c1-6-8-10-12-14-16-18-20-22-23-24-25-26-27-28-30-32-34-36-38-40-42-48(52)49-46(45-56-57(53,54)55-44-43-50(3,4)5)47(51)41-39-37-35-33-31-29-21-19-17-15-13-11-9-7-2/h17-20,23-24,26-27,31,33,39,41,46-47,51H,6-16,21-22,25,28-30,32,34-38,40,42-45H2,1-5H3,(H-,49,52,53,54)/p+1/b19-17+,20-18-,24-23-,27-26-,33-31+,41-39+. The number of phosphoric ester groups is 1. The first kappa shape index (κ1) is 54.9. The van der Waals surface area contributed by atoms with Crippen LogP contribution in [-0.2, 0) is 18.4 Å². The van der Waals surface area contributed by atoms with Crippen molar-refractivity contribution in [2.45, 2.75) is 187 Å². The number of nitrogens with one attached hydrogen (secondary N) is 1. The van der Waals surface area contributed by atoms with Gasteiger partial charge in [0, 0.05) is 6.42 Å². The highest BCUT2D eigenvalue weighted by molar-refractivity contribution is 7.47. The number of unbranched alkanes of at least 4 members (excludes halogenated alkanes) is 17. The molecule has 330 valence electrons. The zero-order valence-electron chi connectivity index (χ0n) is 37.3. The van der Waals surface area contributed by atoms with Gasteiger partial charge < -0.3 is 19.8 Å². The molecule has 57 heavy (non-hydrogen) atoms. The van der Waals surface area contributed by atoms with E-state index in [0.29, 0.717) is 17.4 Å². The smallest absolute Gasteiger partial charge is 0.387 e. The van der Waals surface area contributed by atoms with E-state index in [1.165, 1.54) is 83.5 Å². The molecule has 0 saturated heterocycles. The number of likely N-dealkylation sites (N-methyl/N-ethyl adjacent to an activating group) is 1. The predicted molar refractivity (Wildman–Crippen MR) is 244 cm³/mol. The summed E-state index contributed by atoms with van der Waals surface area (Å²) in [5, 5.41) is 13.8. The molecular formula is C48H88N2O6P+. The Morgan fingerprint density at radius 3 is 1.54 bits per heavy atom. The van der Waals surface area contributed by atoms with Gasteiger partial charge in [0.15, 0.2) is 0 Å². The van der Waals surface area contributed by atoms with E-state index < -0.39 is 20.0 Å². The Kier molecular flexibility index (Phi) is 38.0. The van der Waals surface area contributed by atoms with Gasteiger partial charge in [0.05, 0.1) is 39.9 Å². The van der Waals surface area contributed by atoms with Gasteiger partial charge in [-0.15, -0.1) is 0 Å². The number of carbonyl (C=O) groups excluding carboxylic acids is 1. The van der Waals surface area contributed by atoms with Crippen molar-refractivity contribution in [3.63, 3.8) is 0 Å². The Morgan fingerprint density at radius 1 is 0.596 bits per heavy atom. The van der Waals surface area contributed by atoms with Gasteiger partial charge in [-0.3, -0.25) is 13.8 Å². The van der Waals surface area contributed by atoms with Crippen molar-refractivity contribution in [2.75, 3.05) is 40.9 Å². The van der Waals surface area contributed by atoms with Crippen LogP contribution in [0.5, 0.6) is 0 Å². The van der Waals surface area contributed by atoms with Crippen LogP contribution in [0.3, 0.4) is 0 Å². The number of phosphoric acid groups is 1. The van der Waals surface area contributed by atoms with Crippen LogP contribution in [0.25, 0.3) is 0 Å². The Balaban J connectivity index is 4.48. The van der Waals surface area contributed by atoms with Gasteiger partial charge in [0.25, 0.3) is 0 Å². The third-order valence-electron chi connectivity index (χ3n) is 9.63. The molecule has 1 amide bonds. The average molecular weight is 820 g/mol. The summed E-state index contributed by atoms with van der Waals surface area (Å²) in [6.07, 6.45) is 52.6. The molecule has 0 aromatic carbocycles. The number of hydrogen-bond acceptors (Lipinski definition) is 5. The molecule has 3 unspecified atom stereocenters. The number of aliphatic hydroxyl groups is 1. The number of allylic oxidation sites excluding steroid dienone is 11. The number of rotatable bonds is 40. The molecule has 0 aliphatic heterocycles. The molecule has 3 atom stereocenters. The second-order valence-electron chi connectivity index (χ2n) is 16.4. The molecule has 8 nitrogen and oxygen atoms in total. The minimum Gasteiger partial charge on any atom is -0.387 e. The van der Waals surface area contributed by atoms with E-state index in [9.17, 15) is 19.4 Å². The Hall–Kier alpha value is -2.06.